The van der Waals surface area contributed by atoms with Gasteiger partial charge in [0.1, 0.15) is 6.07 Å². The minimum absolute atomic E-state index is 0.621. The standard InChI is InChI=1S/C18H19N3S/c1-4-13-9-17(22-11-12(2)3)21-16-8-6-5-7-15(16)20-18(21)14(13)10-19/h5-9,12H,4,11H2,1-3H3. The molecular formula is C18H19N3S. The molecule has 0 aliphatic carbocycles. The Morgan fingerprint density at radius 3 is 2.77 bits per heavy atom. The van der Waals surface area contributed by atoms with Crippen molar-refractivity contribution in [3.05, 3.63) is 41.5 Å². The van der Waals surface area contributed by atoms with Crippen LogP contribution in [0.4, 0.5) is 0 Å². The molecule has 0 fully saturated rings. The van der Waals surface area contributed by atoms with Gasteiger partial charge in [0, 0.05) is 5.75 Å². The SMILES string of the molecule is CCc1cc(SCC(C)C)n2c(nc3ccccc32)c1C#N. The van der Waals surface area contributed by atoms with Crippen molar-refractivity contribution < 1.29 is 0 Å². The van der Waals surface area contributed by atoms with E-state index in [4.69, 9.17) is 4.98 Å². The van der Waals surface area contributed by atoms with Gasteiger partial charge in [-0.1, -0.05) is 32.9 Å². The van der Waals surface area contributed by atoms with Gasteiger partial charge < -0.3 is 0 Å². The zero-order valence-corrected chi connectivity index (χ0v) is 13.9. The van der Waals surface area contributed by atoms with Crippen molar-refractivity contribution in [2.45, 2.75) is 32.2 Å². The summed E-state index contributed by atoms with van der Waals surface area (Å²) in [6.07, 6.45) is 0.845. The molecule has 0 amide bonds. The van der Waals surface area contributed by atoms with Crippen LogP contribution in [0, 0.1) is 17.2 Å². The first-order valence-electron chi connectivity index (χ1n) is 7.61. The van der Waals surface area contributed by atoms with Crippen LogP contribution in [0.25, 0.3) is 16.7 Å². The first kappa shape index (κ1) is 14.9. The van der Waals surface area contributed by atoms with Crippen LogP contribution in [0.15, 0.2) is 35.4 Å². The monoisotopic (exact) mass is 309 g/mol. The number of hydrogen-bond donors (Lipinski definition) is 0. The summed E-state index contributed by atoms with van der Waals surface area (Å²) in [5.41, 5.74) is 4.58. The zero-order valence-electron chi connectivity index (χ0n) is 13.1. The maximum atomic E-state index is 9.57. The number of para-hydroxylation sites is 2. The van der Waals surface area contributed by atoms with Crippen molar-refractivity contribution in [2.24, 2.45) is 5.92 Å². The van der Waals surface area contributed by atoms with Crippen molar-refractivity contribution >= 4 is 28.4 Å². The third-order valence-electron chi connectivity index (χ3n) is 3.68. The maximum absolute atomic E-state index is 9.57. The van der Waals surface area contributed by atoms with Gasteiger partial charge >= 0.3 is 0 Å². The number of benzene rings is 1. The molecule has 3 nitrogen and oxygen atoms in total. The minimum atomic E-state index is 0.621. The van der Waals surface area contributed by atoms with Crippen LogP contribution in [0.5, 0.6) is 0 Å². The summed E-state index contributed by atoms with van der Waals surface area (Å²) in [5.74, 6) is 1.67. The lowest BCUT2D eigenvalue weighted by Gasteiger charge is -2.12. The molecule has 4 heteroatoms. The minimum Gasteiger partial charge on any atom is -0.286 e. The van der Waals surface area contributed by atoms with Crippen LogP contribution in [0.1, 0.15) is 31.9 Å². The third-order valence-corrected chi connectivity index (χ3v) is 5.11. The Balaban J connectivity index is 2.35. The molecule has 112 valence electrons. The largest absolute Gasteiger partial charge is 0.286 e. The van der Waals surface area contributed by atoms with Gasteiger partial charge in [-0.2, -0.15) is 5.26 Å². The van der Waals surface area contributed by atoms with Gasteiger partial charge in [-0.05, 0) is 36.1 Å². The maximum Gasteiger partial charge on any atom is 0.157 e. The smallest absolute Gasteiger partial charge is 0.157 e. The topological polar surface area (TPSA) is 41.1 Å². The van der Waals surface area contributed by atoms with E-state index in [9.17, 15) is 5.26 Å². The Kier molecular flexibility index (Phi) is 4.08. The van der Waals surface area contributed by atoms with E-state index in [0.29, 0.717) is 11.5 Å². The number of thioether (sulfide) groups is 1. The third kappa shape index (κ3) is 2.46. The summed E-state index contributed by atoms with van der Waals surface area (Å²) in [7, 11) is 0. The van der Waals surface area contributed by atoms with Gasteiger partial charge in [-0.15, -0.1) is 11.8 Å². The van der Waals surface area contributed by atoms with Crippen LogP contribution < -0.4 is 0 Å². The van der Waals surface area contributed by atoms with Gasteiger partial charge in [-0.3, -0.25) is 4.40 Å². The van der Waals surface area contributed by atoms with Gasteiger partial charge in [-0.25, -0.2) is 4.98 Å². The molecule has 3 rings (SSSR count). The molecular weight excluding hydrogens is 290 g/mol. The van der Waals surface area contributed by atoms with Crippen molar-refractivity contribution in [3.63, 3.8) is 0 Å². The zero-order chi connectivity index (χ0) is 15.7. The average molecular weight is 309 g/mol. The molecule has 3 aromatic rings. The number of nitriles is 1. The molecule has 2 aromatic heterocycles. The van der Waals surface area contributed by atoms with Crippen LogP contribution in [-0.2, 0) is 6.42 Å². The Morgan fingerprint density at radius 2 is 2.09 bits per heavy atom. The Bertz CT molecular complexity index is 871. The van der Waals surface area contributed by atoms with E-state index < -0.39 is 0 Å². The van der Waals surface area contributed by atoms with Crippen LogP contribution in [0.2, 0.25) is 0 Å². The molecule has 0 aliphatic heterocycles. The molecule has 0 unspecified atom stereocenters. The van der Waals surface area contributed by atoms with Crippen molar-refractivity contribution in [1.29, 1.82) is 5.26 Å². The fraction of sp³-hybridized carbons (Fsp3) is 0.333. The van der Waals surface area contributed by atoms with Crippen molar-refractivity contribution in [1.82, 2.24) is 9.38 Å². The summed E-state index contributed by atoms with van der Waals surface area (Å²) in [5, 5.41) is 10.7. The summed E-state index contributed by atoms with van der Waals surface area (Å²) < 4.78 is 2.14. The van der Waals surface area contributed by atoms with E-state index in [1.54, 1.807) is 0 Å². The normalized spacial score (nSPS) is 11.4. The fourth-order valence-corrected chi connectivity index (χ4v) is 3.65. The molecule has 0 bridgehead atoms. The molecule has 2 heterocycles. The van der Waals surface area contributed by atoms with Crippen molar-refractivity contribution in [3.8, 4) is 6.07 Å². The average Bonchev–Trinajstić information content (AvgIpc) is 2.91. The molecule has 1 aromatic carbocycles. The van der Waals surface area contributed by atoms with E-state index in [-0.39, 0.29) is 0 Å². The predicted molar refractivity (Wildman–Crippen MR) is 92.4 cm³/mol. The molecule has 0 saturated carbocycles. The number of rotatable bonds is 4. The lowest BCUT2D eigenvalue weighted by atomic mass is 10.1. The second-order valence-corrected chi connectivity index (χ2v) is 6.85. The molecule has 0 N–H and O–H groups in total. The first-order chi connectivity index (χ1) is 10.7. The number of imidazole rings is 1. The number of fused-ring (bicyclic) bond motifs is 3. The van der Waals surface area contributed by atoms with E-state index in [2.05, 4.69) is 43.4 Å². The second kappa shape index (κ2) is 6.02. The molecule has 0 spiro atoms. The second-order valence-electron chi connectivity index (χ2n) is 5.81. The van der Waals surface area contributed by atoms with Crippen molar-refractivity contribution in [2.75, 3.05) is 5.75 Å². The number of hydrogen-bond acceptors (Lipinski definition) is 3. The number of aryl methyl sites for hydroxylation is 1. The first-order valence-corrected chi connectivity index (χ1v) is 8.60. The summed E-state index contributed by atoms with van der Waals surface area (Å²) in [6, 6.07) is 12.6. The Morgan fingerprint density at radius 1 is 1.32 bits per heavy atom. The molecule has 22 heavy (non-hydrogen) atoms. The number of aromatic nitrogens is 2. The fourth-order valence-electron chi connectivity index (χ4n) is 2.61. The summed E-state index contributed by atoms with van der Waals surface area (Å²) in [4.78, 5) is 4.71. The molecule has 0 atom stereocenters. The van der Waals surface area contributed by atoms with Gasteiger partial charge in [0.2, 0.25) is 0 Å². The highest BCUT2D eigenvalue weighted by Crippen LogP contribution is 2.30. The van der Waals surface area contributed by atoms with Gasteiger partial charge in [0.05, 0.1) is 21.6 Å². The quantitative estimate of drug-likeness (QED) is 0.658. The van der Waals surface area contributed by atoms with E-state index >= 15 is 0 Å². The number of pyridine rings is 1. The molecule has 0 radical (unpaired) electrons. The van der Waals surface area contributed by atoms with E-state index in [1.807, 2.05) is 30.0 Å². The lowest BCUT2D eigenvalue weighted by Crippen LogP contribution is -2.00. The van der Waals surface area contributed by atoms with Gasteiger partial charge in [0.25, 0.3) is 0 Å². The predicted octanol–water partition coefficient (Wildman–Crippen LogP) is 4.67. The van der Waals surface area contributed by atoms with Crippen LogP contribution >= 0.6 is 11.8 Å². The molecule has 0 aliphatic rings. The summed E-state index contributed by atoms with van der Waals surface area (Å²) in [6.45, 7) is 6.54. The highest BCUT2D eigenvalue weighted by molar-refractivity contribution is 7.99. The van der Waals surface area contributed by atoms with Crippen LogP contribution in [0.3, 0.4) is 0 Å². The van der Waals surface area contributed by atoms with Crippen LogP contribution in [-0.4, -0.2) is 15.1 Å². The Hall–Kier alpha value is -1.99. The Labute approximate surface area is 135 Å². The highest BCUT2D eigenvalue weighted by atomic mass is 32.2. The van der Waals surface area contributed by atoms with Gasteiger partial charge in [0.15, 0.2) is 5.65 Å². The lowest BCUT2D eigenvalue weighted by molar-refractivity contribution is 0.749. The molecule has 0 saturated heterocycles. The van der Waals surface area contributed by atoms with E-state index in [0.717, 1.165) is 34.4 Å². The highest BCUT2D eigenvalue weighted by Gasteiger charge is 2.16. The summed E-state index contributed by atoms with van der Waals surface area (Å²) >= 11 is 1.84. The number of nitrogens with zero attached hydrogens (tertiary/aromatic N) is 3. The van der Waals surface area contributed by atoms with E-state index in [1.165, 1.54) is 5.03 Å².